The number of amides is 1. The number of carboxylic acid groups (broad SMARTS) is 1. The van der Waals surface area contributed by atoms with Gasteiger partial charge in [0.15, 0.2) is 11.5 Å². The van der Waals surface area contributed by atoms with E-state index >= 15 is 0 Å². The number of hydrogen-bond donors (Lipinski definition) is 1. The van der Waals surface area contributed by atoms with Crippen LogP contribution in [0.1, 0.15) is 34.3 Å². The Morgan fingerprint density at radius 2 is 1.91 bits per heavy atom. The number of carboxylic acids is 1. The number of carbonyl (C=O) groups is 2. The molecule has 8 nitrogen and oxygen atoms in total. The van der Waals surface area contributed by atoms with Crippen LogP contribution in [0, 0.1) is 0 Å². The Balaban J connectivity index is 0.000000364. The van der Waals surface area contributed by atoms with E-state index < -0.39 is 12.1 Å². The number of alkyl halides is 3. The summed E-state index contributed by atoms with van der Waals surface area (Å²) in [7, 11) is 0. The van der Waals surface area contributed by atoms with E-state index in [2.05, 4.69) is 4.98 Å². The molecule has 0 radical (unpaired) electrons. The van der Waals surface area contributed by atoms with Gasteiger partial charge < -0.3 is 10.0 Å². The van der Waals surface area contributed by atoms with Crippen LogP contribution in [0.15, 0.2) is 60.4 Å². The first-order valence-corrected chi connectivity index (χ1v) is 11.5. The van der Waals surface area contributed by atoms with E-state index in [9.17, 15) is 18.0 Å². The van der Waals surface area contributed by atoms with Crippen molar-refractivity contribution in [3.05, 3.63) is 71.1 Å². The molecular formula is C23H20F3N5O3S. The molecule has 4 aromatic heterocycles. The van der Waals surface area contributed by atoms with Crippen molar-refractivity contribution in [1.29, 1.82) is 0 Å². The van der Waals surface area contributed by atoms with Gasteiger partial charge in [-0.2, -0.15) is 18.3 Å². The molecule has 1 unspecified atom stereocenters. The van der Waals surface area contributed by atoms with Crippen molar-refractivity contribution in [2.75, 3.05) is 13.1 Å². The molecule has 1 saturated heterocycles. The van der Waals surface area contributed by atoms with Gasteiger partial charge in [-0.3, -0.25) is 9.78 Å². The monoisotopic (exact) mass is 503 g/mol. The lowest BCUT2D eigenvalue weighted by molar-refractivity contribution is -0.192. The van der Waals surface area contributed by atoms with Gasteiger partial charge in [0.1, 0.15) is 0 Å². The second kappa shape index (κ2) is 10.2. The summed E-state index contributed by atoms with van der Waals surface area (Å²) < 4.78 is 33.6. The van der Waals surface area contributed by atoms with Crippen LogP contribution in [0.3, 0.4) is 0 Å². The molecule has 182 valence electrons. The van der Waals surface area contributed by atoms with E-state index in [1.165, 1.54) is 11.3 Å². The third-order valence-electron chi connectivity index (χ3n) is 5.39. The van der Waals surface area contributed by atoms with Crippen LogP contribution in [0.2, 0.25) is 0 Å². The first-order valence-electron chi connectivity index (χ1n) is 10.6. The fourth-order valence-electron chi connectivity index (χ4n) is 3.71. The number of rotatable bonds is 3. The fraction of sp³-hybridized carbons (Fsp3) is 0.261. The van der Waals surface area contributed by atoms with Crippen LogP contribution >= 0.6 is 11.3 Å². The number of thiophene rings is 1. The van der Waals surface area contributed by atoms with Crippen LogP contribution in [0.5, 0.6) is 0 Å². The molecular weight excluding hydrogens is 483 g/mol. The normalized spacial score (nSPS) is 16.0. The molecule has 0 aromatic carbocycles. The van der Waals surface area contributed by atoms with Crippen LogP contribution in [0.25, 0.3) is 16.8 Å². The number of likely N-dealkylation sites (tertiary alicyclic amines) is 1. The van der Waals surface area contributed by atoms with E-state index in [-0.39, 0.29) is 11.8 Å². The number of piperidine rings is 1. The highest BCUT2D eigenvalue weighted by Crippen LogP contribution is 2.27. The number of fused-ring (bicyclic) bond motifs is 1. The largest absolute Gasteiger partial charge is 0.490 e. The number of nitrogens with zero attached hydrogens (tertiary/aromatic N) is 5. The molecule has 12 heteroatoms. The predicted molar refractivity (Wildman–Crippen MR) is 122 cm³/mol. The van der Waals surface area contributed by atoms with Gasteiger partial charge in [-0.15, -0.1) is 11.3 Å². The Kier molecular flexibility index (Phi) is 7.10. The molecule has 1 N–H and O–H groups in total. The second-order valence-corrected chi connectivity index (χ2v) is 8.75. The van der Waals surface area contributed by atoms with Crippen LogP contribution in [-0.2, 0) is 4.79 Å². The smallest absolute Gasteiger partial charge is 0.475 e. The molecule has 0 saturated carbocycles. The summed E-state index contributed by atoms with van der Waals surface area (Å²) in [5, 5.41) is 13.8. The van der Waals surface area contributed by atoms with Gasteiger partial charge in [0.25, 0.3) is 5.91 Å². The van der Waals surface area contributed by atoms with Crippen LogP contribution in [-0.4, -0.2) is 60.7 Å². The minimum absolute atomic E-state index is 0.113. The van der Waals surface area contributed by atoms with E-state index in [1.807, 2.05) is 63.6 Å². The highest BCUT2D eigenvalue weighted by molar-refractivity contribution is 7.12. The number of aliphatic carboxylic acids is 1. The van der Waals surface area contributed by atoms with Crippen molar-refractivity contribution in [2.24, 2.45) is 0 Å². The molecule has 4 aromatic rings. The predicted octanol–water partition coefficient (Wildman–Crippen LogP) is 4.51. The third-order valence-corrected chi connectivity index (χ3v) is 6.25. The Bertz CT molecular complexity index is 1310. The van der Waals surface area contributed by atoms with Crippen molar-refractivity contribution in [2.45, 2.75) is 24.9 Å². The molecule has 0 bridgehead atoms. The van der Waals surface area contributed by atoms with E-state index in [0.717, 1.165) is 46.9 Å². The lowest BCUT2D eigenvalue weighted by Crippen LogP contribution is -2.39. The van der Waals surface area contributed by atoms with E-state index in [0.29, 0.717) is 6.54 Å². The maximum Gasteiger partial charge on any atom is 0.490 e. The zero-order chi connectivity index (χ0) is 25.0. The quantitative estimate of drug-likeness (QED) is 0.442. The number of aromatic nitrogens is 4. The van der Waals surface area contributed by atoms with Gasteiger partial charge in [0.05, 0.1) is 4.88 Å². The Morgan fingerprint density at radius 1 is 1.11 bits per heavy atom. The first kappa shape index (κ1) is 24.3. The maximum absolute atomic E-state index is 12.7. The zero-order valence-corrected chi connectivity index (χ0v) is 19.0. The average Bonchev–Trinajstić information content (AvgIpc) is 3.54. The molecule has 0 aliphatic carbocycles. The standard InChI is InChI=1S/C21H19N5OS.C2HF3O2/c27-21(18-6-3-11-28-18)25-10-2-5-17(13-25)20-23-19-8-7-16(14-26(19)24-20)15-4-1-9-22-12-15;3-2(4,5)1(6)7/h1,3-4,6-9,11-12,14,17H,2,5,10,13H2;(H,6,7). The van der Waals surface area contributed by atoms with Crippen molar-refractivity contribution in [3.8, 4) is 11.1 Å². The second-order valence-electron chi connectivity index (χ2n) is 7.80. The average molecular weight is 504 g/mol. The molecule has 0 spiro atoms. The number of hydrogen-bond acceptors (Lipinski definition) is 6. The van der Waals surface area contributed by atoms with Gasteiger partial charge in [-0.05, 0) is 42.5 Å². The molecule has 5 rings (SSSR count). The SMILES string of the molecule is O=C(O)C(F)(F)F.O=C(c1cccs1)N1CCCC(c2nc3ccc(-c4cccnc4)cn3n2)C1. The molecule has 35 heavy (non-hydrogen) atoms. The molecule has 1 atom stereocenters. The summed E-state index contributed by atoms with van der Waals surface area (Å²) in [5.74, 6) is -1.67. The summed E-state index contributed by atoms with van der Waals surface area (Å²) >= 11 is 1.49. The summed E-state index contributed by atoms with van der Waals surface area (Å²) in [6, 6.07) is 11.8. The lowest BCUT2D eigenvalue weighted by atomic mass is 9.97. The van der Waals surface area contributed by atoms with Gasteiger partial charge in [0.2, 0.25) is 0 Å². The lowest BCUT2D eigenvalue weighted by Gasteiger charge is -2.31. The molecule has 1 aliphatic rings. The number of halogens is 3. The summed E-state index contributed by atoms with van der Waals surface area (Å²) in [6.45, 7) is 1.47. The minimum Gasteiger partial charge on any atom is -0.475 e. The summed E-state index contributed by atoms with van der Waals surface area (Å²) in [6.07, 6.45) is 2.48. The highest BCUT2D eigenvalue weighted by atomic mass is 32.1. The first-order chi connectivity index (χ1) is 16.7. The Morgan fingerprint density at radius 3 is 2.57 bits per heavy atom. The molecule has 1 amide bonds. The number of carbonyl (C=O) groups excluding carboxylic acids is 1. The van der Waals surface area contributed by atoms with Gasteiger partial charge in [0, 0.05) is 48.7 Å². The summed E-state index contributed by atoms with van der Waals surface area (Å²) in [5.41, 5.74) is 2.92. The van der Waals surface area contributed by atoms with Crippen LogP contribution in [0.4, 0.5) is 13.2 Å². The zero-order valence-electron chi connectivity index (χ0n) is 18.2. The van der Waals surface area contributed by atoms with Gasteiger partial charge >= 0.3 is 12.1 Å². The van der Waals surface area contributed by atoms with E-state index in [1.54, 1.807) is 6.20 Å². The third kappa shape index (κ3) is 5.83. The van der Waals surface area contributed by atoms with Crippen molar-refractivity contribution in [1.82, 2.24) is 24.5 Å². The highest BCUT2D eigenvalue weighted by Gasteiger charge is 2.38. The fourth-order valence-corrected chi connectivity index (χ4v) is 4.40. The van der Waals surface area contributed by atoms with Crippen molar-refractivity contribution >= 4 is 28.9 Å². The number of pyridine rings is 2. The van der Waals surface area contributed by atoms with Crippen LogP contribution < -0.4 is 0 Å². The topological polar surface area (TPSA) is 101 Å². The molecule has 5 heterocycles. The Labute approximate surface area is 201 Å². The Hall–Kier alpha value is -3.80. The van der Waals surface area contributed by atoms with E-state index in [4.69, 9.17) is 20.0 Å². The van der Waals surface area contributed by atoms with Gasteiger partial charge in [-0.1, -0.05) is 12.1 Å². The molecule has 1 aliphatic heterocycles. The van der Waals surface area contributed by atoms with Crippen molar-refractivity contribution < 1.29 is 27.9 Å². The minimum atomic E-state index is -5.08. The maximum atomic E-state index is 12.7. The molecule has 1 fully saturated rings. The van der Waals surface area contributed by atoms with Gasteiger partial charge in [-0.25, -0.2) is 14.3 Å². The summed E-state index contributed by atoms with van der Waals surface area (Å²) in [4.78, 5) is 33.2. The van der Waals surface area contributed by atoms with Crippen molar-refractivity contribution in [3.63, 3.8) is 0 Å².